The Morgan fingerprint density at radius 2 is 1.82 bits per heavy atom. The normalized spacial score (nSPS) is 26.0. The van der Waals surface area contributed by atoms with Gasteiger partial charge in [-0.15, -0.1) is 0 Å². The van der Waals surface area contributed by atoms with Gasteiger partial charge in [0.2, 0.25) is 11.8 Å². The molecular formula is C26H29ClN2O5. The maximum Gasteiger partial charge on any atom is 0.247 e. The number of benzene rings is 2. The van der Waals surface area contributed by atoms with Crippen molar-refractivity contribution in [2.45, 2.75) is 50.8 Å². The van der Waals surface area contributed by atoms with Crippen molar-refractivity contribution in [2.75, 3.05) is 18.5 Å². The third-order valence-electron chi connectivity index (χ3n) is 7.15. The number of likely N-dealkylation sites (tertiary alicyclic amines) is 1. The van der Waals surface area contributed by atoms with Crippen molar-refractivity contribution in [3.8, 4) is 11.5 Å². The Kier molecular flexibility index (Phi) is 6.16. The van der Waals surface area contributed by atoms with Crippen molar-refractivity contribution >= 4 is 29.1 Å². The molecule has 2 bridgehead atoms. The number of amides is 2. The Labute approximate surface area is 204 Å². The largest absolute Gasteiger partial charge is 0.486 e. The lowest BCUT2D eigenvalue weighted by Gasteiger charge is -2.39. The van der Waals surface area contributed by atoms with Crippen LogP contribution in [-0.2, 0) is 9.59 Å². The fourth-order valence-corrected chi connectivity index (χ4v) is 5.81. The van der Waals surface area contributed by atoms with Crippen LogP contribution in [0, 0.1) is 11.8 Å². The first kappa shape index (κ1) is 23.0. The molecule has 7 nitrogen and oxygen atoms in total. The Hall–Kier alpha value is -2.77. The molecule has 0 spiro atoms. The van der Waals surface area contributed by atoms with E-state index < -0.39 is 18.1 Å². The number of hydrogen-bond donors (Lipinski definition) is 2. The molecule has 2 aliphatic heterocycles. The molecule has 1 saturated heterocycles. The highest BCUT2D eigenvalue weighted by atomic mass is 35.5. The fourth-order valence-electron chi connectivity index (χ4n) is 5.68. The number of hydrogen-bond acceptors (Lipinski definition) is 5. The van der Waals surface area contributed by atoms with Gasteiger partial charge in [-0.25, -0.2) is 0 Å². The second-order valence-corrected chi connectivity index (χ2v) is 10.1. The highest BCUT2D eigenvalue weighted by molar-refractivity contribution is 6.30. The van der Waals surface area contributed by atoms with E-state index in [-0.39, 0.29) is 29.7 Å². The zero-order valence-electron chi connectivity index (χ0n) is 19.2. The van der Waals surface area contributed by atoms with E-state index in [0.717, 1.165) is 5.56 Å². The third kappa shape index (κ3) is 4.01. The summed E-state index contributed by atoms with van der Waals surface area (Å²) in [6, 6.07) is 11.6. The summed E-state index contributed by atoms with van der Waals surface area (Å²) in [4.78, 5) is 29.2. The van der Waals surface area contributed by atoms with Crippen LogP contribution in [0.25, 0.3) is 0 Å². The number of rotatable bonds is 5. The Morgan fingerprint density at radius 1 is 1.09 bits per heavy atom. The number of halogens is 1. The molecule has 34 heavy (non-hydrogen) atoms. The maximum absolute atomic E-state index is 14.0. The van der Waals surface area contributed by atoms with E-state index in [2.05, 4.69) is 5.32 Å². The standard InChI is InChI=1S/C26H29ClN2O5/c1-14(2)22(15-6-8-17(27)9-7-15)26(32)29-19-12-16(13-20(19)30)23(29)25(31)28-18-4-3-5-21-24(18)34-11-10-33-21/h3-9,14,16,19-20,22-23,30H,10-13H2,1-2H3,(H,28,31)/t16-,19-,20+,22+,23+/m1/s1. The van der Waals surface area contributed by atoms with Gasteiger partial charge >= 0.3 is 0 Å². The molecule has 2 heterocycles. The average Bonchev–Trinajstić information content (AvgIpc) is 3.37. The molecule has 5 atom stereocenters. The summed E-state index contributed by atoms with van der Waals surface area (Å²) in [5, 5.41) is 14.2. The number of piperidine rings is 1. The summed E-state index contributed by atoms with van der Waals surface area (Å²) in [6.07, 6.45) is 0.493. The Balaban J connectivity index is 1.44. The van der Waals surface area contributed by atoms with E-state index in [1.165, 1.54) is 0 Å². The van der Waals surface area contributed by atoms with Crippen LogP contribution in [0.1, 0.15) is 38.2 Å². The minimum atomic E-state index is -0.658. The minimum absolute atomic E-state index is 0.000322. The van der Waals surface area contributed by atoms with E-state index in [0.29, 0.717) is 48.3 Å². The van der Waals surface area contributed by atoms with Gasteiger partial charge in [0.15, 0.2) is 11.5 Å². The Bertz CT molecular complexity index is 1090. The number of nitrogens with one attached hydrogen (secondary N) is 1. The molecular weight excluding hydrogens is 456 g/mol. The molecule has 8 heteroatoms. The van der Waals surface area contributed by atoms with Crippen LogP contribution in [0.4, 0.5) is 5.69 Å². The molecule has 5 rings (SSSR count). The molecule has 2 amide bonds. The molecule has 2 aromatic carbocycles. The molecule has 2 aromatic rings. The molecule has 1 saturated carbocycles. The summed E-state index contributed by atoms with van der Waals surface area (Å²) >= 11 is 6.06. The average molecular weight is 485 g/mol. The van der Waals surface area contributed by atoms with Gasteiger partial charge in [0.05, 0.1) is 23.8 Å². The highest BCUT2D eigenvalue weighted by Crippen LogP contribution is 2.46. The van der Waals surface area contributed by atoms with Crippen molar-refractivity contribution in [3.05, 3.63) is 53.1 Å². The first-order valence-electron chi connectivity index (χ1n) is 11.8. The van der Waals surface area contributed by atoms with Crippen LogP contribution in [0.5, 0.6) is 11.5 Å². The lowest BCUT2D eigenvalue weighted by Crippen LogP contribution is -2.56. The molecule has 3 aliphatic rings. The van der Waals surface area contributed by atoms with E-state index >= 15 is 0 Å². The fraction of sp³-hybridized carbons (Fsp3) is 0.462. The van der Waals surface area contributed by atoms with Crippen molar-refractivity contribution in [1.29, 1.82) is 0 Å². The van der Waals surface area contributed by atoms with Crippen molar-refractivity contribution in [1.82, 2.24) is 4.90 Å². The van der Waals surface area contributed by atoms with E-state index in [9.17, 15) is 14.7 Å². The van der Waals surface area contributed by atoms with Crippen molar-refractivity contribution in [3.63, 3.8) is 0 Å². The van der Waals surface area contributed by atoms with Gasteiger partial charge < -0.3 is 24.8 Å². The van der Waals surface area contributed by atoms with Crippen LogP contribution >= 0.6 is 11.6 Å². The molecule has 2 fully saturated rings. The van der Waals surface area contributed by atoms with Gasteiger partial charge in [0.1, 0.15) is 19.3 Å². The van der Waals surface area contributed by atoms with E-state index in [1.54, 1.807) is 35.2 Å². The number of ether oxygens (including phenoxy) is 2. The van der Waals surface area contributed by atoms with Gasteiger partial charge in [-0.3, -0.25) is 9.59 Å². The summed E-state index contributed by atoms with van der Waals surface area (Å²) in [5.41, 5.74) is 1.37. The quantitative estimate of drug-likeness (QED) is 0.673. The third-order valence-corrected chi connectivity index (χ3v) is 7.40. The number of para-hydroxylation sites is 1. The second-order valence-electron chi connectivity index (χ2n) is 9.65. The molecule has 2 N–H and O–H groups in total. The summed E-state index contributed by atoms with van der Waals surface area (Å²) < 4.78 is 11.4. The number of anilines is 1. The first-order chi connectivity index (χ1) is 16.3. The predicted octanol–water partition coefficient (Wildman–Crippen LogP) is 3.84. The molecule has 0 aromatic heterocycles. The summed E-state index contributed by atoms with van der Waals surface area (Å²) in [5.74, 6) is 0.138. The van der Waals surface area contributed by atoms with Crippen LogP contribution in [0.15, 0.2) is 42.5 Å². The zero-order valence-corrected chi connectivity index (χ0v) is 20.0. The van der Waals surface area contributed by atoms with Gasteiger partial charge in [-0.1, -0.05) is 43.6 Å². The molecule has 180 valence electrons. The number of aliphatic hydroxyl groups excluding tert-OH is 1. The zero-order chi connectivity index (χ0) is 24.0. The number of carbonyl (C=O) groups is 2. The summed E-state index contributed by atoms with van der Waals surface area (Å²) in [7, 11) is 0. The van der Waals surface area contributed by atoms with Crippen LogP contribution < -0.4 is 14.8 Å². The first-order valence-corrected chi connectivity index (χ1v) is 12.2. The van der Waals surface area contributed by atoms with E-state index in [4.69, 9.17) is 21.1 Å². The molecule has 0 radical (unpaired) electrons. The second kappa shape index (κ2) is 9.12. The van der Waals surface area contributed by atoms with Crippen molar-refractivity contribution in [2.24, 2.45) is 11.8 Å². The Morgan fingerprint density at radius 3 is 2.56 bits per heavy atom. The van der Waals surface area contributed by atoms with Crippen LogP contribution in [0.3, 0.4) is 0 Å². The topological polar surface area (TPSA) is 88.1 Å². The van der Waals surface area contributed by atoms with Gasteiger partial charge in [0, 0.05) is 5.02 Å². The van der Waals surface area contributed by atoms with Crippen LogP contribution in [-0.4, -0.2) is 53.2 Å². The minimum Gasteiger partial charge on any atom is -0.486 e. The number of nitrogens with zero attached hydrogens (tertiary/aromatic N) is 1. The smallest absolute Gasteiger partial charge is 0.247 e. The number of aliphatic hydroxyl groups is 1. The number of fused-ring (bicyclic) bond motifs is 3. The lowest BCUT2D eigenvalue weighted by molar-refractivity contribution is -0.146. The maximum atomic E-state index is 14.0. The lowest BCUT2D eigenvalue weighted by atomic mass is 9.85. The summed E-state index contributed by atoms with van der Waals surface area (Å²) in [6.45, 7) is 4.84. The highest BCUT2D eigenvalue weighted by Gasteiger charge is 2.56. The van der Waals surface area contributed by atoms with Gasteiger partial charge in [-0.05, 0) is 54.5 Å². The molecule has 0 unspecified atom stereocenters. The van der Waals surface area contributed by atoms with Crippen LogP contribution in [0.2, 0.25) is 5.02 Å². The molecule has 1 aliphatic carbocycles. The monoisotopic (exact) mass is 484 g/mol. The number of carbonyl (C=O) groups excluding carboxylic acids is 2. The van der Waals surface area contributed by atoms with E-state index in [1.807, 2.05) is 26.0 Å². The van der Waals surface area contributed by atoms with Gasteiger partial charge in [0.25, 0.3) is 0 Å². The van der Waals surface area contributed by atoms with Gasteiger partial charge in [-0.2, -0.15) is 0 Å². The van der Waals surface area contributed by atoms with Crippen molar-refractivity contribution < 1.29 is 24.2 Å². The SMILES string of the molecule is CC(C)[C@H](C(=O)N1[C@@H]2C[C@H](C[C@@H]2O)[C@H]1C(=O)Nc1cccc2c1OCCO2)c1ccc(Cl)cc1. The predicted molar refractivity (Wildman–Crippen MR) is 128 cm³/mol.